The maximum Gasteiger partial charge on any atom is 0.239 e. The van der Waals surface area contributed by atoms with Gasteiger partial charge in [-0.3, -0.25) is 5.43 Å². The summed E-state index contributed by atoms with van der Waals surface area (Å²) in [4.78, 5) is 10.8. The molecular weight excluding hydrogens is 294 g/mol. The highest BCUT2D eigenvalue weighted by Gasteiger charge is 2.19. The van der Waals surface area contributed by atoms with Crippen LogP contribution in [0.15, 0.2) is 10.7 Å². The molecule has 1 fully saturated rings. The molecule has 6 heteroatoms. The summed E-state index contributed by atoms with van der Waals surface area (Å²) >= 11 is 3.52. The van der Waals surface area contributed by atoms with Crippen LogP contribution in [0.3, 0.4) is 0 Å². The second kappa shape index (κ2) is 6.33. The molecule has 0 spiro atoms. The van der Waals surface area contributed by atoms with Crippen molar-refractivity contribution in [3.05, 3.63) is 10.7 Å². The number of hydrogen-bond acceptors (Lipinski definition) is 5. The van der Waals surface area contributed by atoms with Gasteiger partial charge in [-0.25, -0.2) is 10.8 Å². The molecular formula is C12H20BrN5. The van der Waals surface area contributed by atoms with E-state index in [1.54, 1.807) is 6.20 Å². The van der Waals surface area contributed by atoms with Crippen LogP contribution in [-0.4, -0.2) is 23.1 Å². The van der Waals surface area contributed by atoms with E-state index >= 15 is 0 Å². The fourth-order valence-electron chi connectivity index (χ4n) is 2.43. The number of nitrogens with zero attached hydrogens (tertiary/aromatic N) is 3. The van der Waals surface area contributed by atoms with E-state index in [0.717, 1.165) is 29.3 Å². The minimum atomic E-state index is 0.462. The zero-order valence-electron chi connectivity index (χ0n) is 10.7. The van der Waals surface area contributed by atoms with Crippen molar-refractivity contribution >= 4 is 27.7 Å². The number of halogens is 1. The number of nitrogens with two attached hydrogens (primary N) is 1. The third kappa shape index (κ3) is 3.11. The van der Waals surface area contributed by atoms with Crippen LogP contribution in [0, 0.1) is 5.92 Å². The summed E-state index contributed by atoms with van der Waals surface area (Å²) in [5, 5.41) is 0. The fraction of sp³-hybridized carbons (Fsp3) is 0.667. The van der Waals surface area contributed by atoms with E-state index in [0.29, 0.717) is 5.95 Å². The average Bonchev–Trinajstić information content (AvgIpc) is 2.64. The van der Waals surface area contributed by atoms with E-state index in [1.165, 1.54) is 25.7 Å². The number of rotatable bonds is 3. The monoisotopic (exact) mass is 313 g/mol. The van der Waals surface area contributed by atoms with Gasteiger partial charge in [0.1, 0.15) is 5.82 Å². The first-order chi connectivity index (χ1) is 8.74. The molecule has 1 saturated heterocycles. The van der Waals surface area contributed by atoms with Gasteiger partial charge in [0.15, 0.2) is 0 Å². The van der Waals surface area contributed by atoms with E-state index in [9.17, 15) is 0 Å². The molecule has 2 heterocycles. The number of nitrogens with one attached hydrogen (secondary N) is 1. The van der Waals surface area contributed by atoms with Gasteiger partial charge in [0, 0.05) is 19.3 Å². The quantitative estimate of drug-likeness (QED) is 0.663. The molecule has 1 aromatic heterocycles. The minimum Gasteiger partial charge on any atom is -0.356 e. The van der Waals surface area contributed by atoms with Crippen molar-refractivity contribution in [2.75, 3.05) is 23.4 Å². The lowest BCUT2D eigenvalue weighted by Gasteiger charge is -2.23. The largest absolute Gasteiger partial charge is 0.356 e. The van der Waals surface area contributed by atoms with Gasteiger partial charge in [-0.1, -0.05) is 13.3 Å². The molecule has 100 valence electrons. The Hall–Kier alpha value is -0.880. The summed E-state index contributed by atoms with van der Waals surface area (Å²) in [6, 6.07) is 0. The Bertz CT molecular complexity index is 398. The normalized spacial score (nSPS) is 20.6. The molecule has 0 saturated carbocycles. The van der Waals surface area contributed by atoms with E-state index in [2.05, 4.69) is 43.1 Å². The lowest BCUT2D eigenvalue weighted by molar-refractivity contribution is 0.459. The Morgan fingerprint density at radius 1 is 1.50 bits per heavy atom. The summed E-state index contributed by atoms with van der Waals surface area (Å²) in [5.74, 6) is 7.62. The first kappa shape index (κ1) is 13.5. The van der Waals surface area contributed by atoms with Crippen molar-refractivity contribution < 1.29 is 0 Å². The van der Waals surface area contributed by atoms with Crippen LogP contribution >= 0.6 is 15.9 Å². The van der Waals surface area contributed by atoms with Crippen LogP contribution in [0.2, 0.25) is 0 Å². The number of nitrogen functional groups attached to an aromatic ring is 1. The Morgan fingerprint density at radius 3 is 3.06 bits per heavy atom. The minimum absolute atomic E-state index is 0.462. The van der Waals surface area contributed by atoms with Crippen molar-refractivity contribution in [3.63, 3.8) is 0 Å². The molecule has 1 unspecified atom stereocenters. The van der Waals surface area contributed by atoms with Crippen LogP contribution in [0.4, 0.5) is 11.8 Å². The second-order valence-corrected chi connectivity index (χ2v) is 5.56. The van der Waals surface area contributed by atoms with Crippen LogP contribution < -0.4 is 16.2 Å². The van der Waals surface area contributed by atoms with E-state index in [-0.39, 0.29) is 0 Å². The third-order valence-corrected chi connectivity index (χ3v) is 4.14. The van der Waals surface area contributed by atoms with Crippen molar-refractivity contribution in [1.82, 2.24) is 9.97 Å². The predicted molar refractivity (Wildman–Crippen MR) is 77.4 cm³/mol. The summed E-state index contributed by atoms with van der Waals surface area (Å²) < 4.78 is 0.927. The lowest BCUT2D eigenvalue weighted by atomic mass is 9.98. The zero-order chi connectivity index (χ0) is 13.0. The molecule has 1 aliphatic heterocycles. The van der Waals surface area contributed by atoms with Gasteiger partial charge in [-0.2, -0.15) is 4.98 Å². The van der Waals surface area contributed by atoms with Gasteiger partial charge >= 0.3 is 0 Å². The molecule has 0 aliphatic carbocycles. The van der Waals surface area contributed by atoms with Gasteiger partial charge in [0.05, 0.1) is 4.47 Å². The van der Waals surface area contributed by atoms with E-state index < -0.39 is 0 Å². The summed E-state index contributed by atoms with van der Waals surface area (Å²) in [6.07, 6.45) is 6.80. The maximum atomic E-state index is 5.36. The highest BCUT2D eigenvalue weighted by molar-refractivity contribution is 9.10. The Balaban J connectivity index is 2.15. The molecule has 0 aromatic carbocycles. The number of hydrogen-bond donors (Lipinski definition) is 2. The van der Waals surface area contributed by atoms with Gasteiger partial charge < -0.3 is 4.90 Å². The number of hydrazine groups is 1. The molecule has 1 aromatic rings. The van der Waals surface area contributed by atoms with Crippen LogP contribution in [-0.2, 0) is 0 Å². The van der Waals surface area contributed by atoms with Gasteiger partial charge in [0.25, 0.3) is 0 Å². The Morgan fingerprint density at radius 2 is 2.33 bits per heavy atom. The first-order valence-electron chi connectivity index (χ1n) is 6.48. The van der Waals surface area contributed by atoms with Gasteiger partial charge in [-0.15, -0.1) is 0 Å². The molecule has 0 radical (unpaired) electrons. The SMILES string of the molecule is CCC1CCCN(c2nc(NN)ncc2Br)CC1. The van der Waals surface area contributed by atoms with E-state index in [1.807, 2.05) is 0 Å². The molecule has 2 rings (SSSR count). The Kier molecular flexibility index (Phi) is 4.77. The summed E-state index contributed by atoms with van der Waals surface area (Å²) in [7, 11) is 0. The van der Waals surface area contributed by atoms with Crippen LogP contribution in [0.25, 0.3) is 0 Å². The molecule has 0 bridgehead atoms. The highest BCUT2D eigenvalue weighted by atomic mass is 79.9. The van der Waals surface area contributed by atoms with Gasteiger partial charge in [0.2, 0.25) is 5.95 Å². The maximum absolute atomic E-state index is 5.36. The molecule has 1 atom stereocenters. The average molecular weight is 314 g/mol. The topological polar surface area (TPSA) is 67.1 Å². The smallest absolute Gasteiger partial charge is 0.239 e. The fourth-order valence-corrected chi connectivity index (χ4v) is 2.88. The third-order valence-electron chi connectivity index (χ3n) is 3.58. The molecule has 18 heavy (non-hydrogen) atoms. The molecule has 3 N–H and O–H groups in total. The predicted octanol–water partition coefficient (Wildman–Crippen LogP) is 2.54. The first-order valence-corrected chi connectivity index (χ1v) is 7.28. The van der Waals surface area contributed by atoms with Crippen molar-refractivity contribution in [1.29, 1.82) is 0 Å². The lowest BCUT2D eigenvalue weighted by Crippen LogP contribution is -2.26. The summed E-state index contributed by atoms with van der Waals surface area (Å²) in [5.41, 5.74) is 2.50. The highest BCUT2D eigenvalue weighted by Crippen LogP contribution is 2.28. The number of anilines is 2. The van der Waals surface area contributed by atoms with Crippen LogP contribution in [0.5, 0.6) is 0 Å². The molecule has 5 nitrogen and oxygen atoms in total. The van der Waals surface area contributed by atoms with Crippen LogP contribution in [0.1, 0.15) is 32.6 Å². The second-order valence-electron chi connectivity index (χ2n) is 4.70. The molecule has 0 amide bonds. The van der Waals surface area contributed by atoms with Crippen molar-refractivity contribution in [2.45, 2.75) is 32.6 Å². The summed E-state index contributed by atoms with van der Waals surface area (Å²) in [6.45, 7) is 4.38. The number of aromatic nitrogens is 2. The van der Waals surface area contributed by atoms with Crippen molar-refractivity contribution in [2.24, 2.45) is 11.8 Å². The van der Waals surface area contributed by atoms with E-state index in [4.69, 9.17) is 5.84 Å². The Labute approximate surface area is 116 Å². The van der Waals surface area contributed by atoms with Crippen molar-refractivity contribution in [3.8, 4) is 0 Å². The zero-order valence-corrected chi connectivity index (χ0v) is 12.3. The standard InChI is InChI=1S/C12H20BrN5/c1-2-9-4-3-6-18(7-5-9)11-10(13)8-15-12(16-11)17-14/h8-9H,2-7,14H2,1H3,(H,15,16,17). The molecule has 1 aliphatic rings. The van der Waals surface area contributed by atoms with Gasteiger partial charge in [-0.05, 0) is 41.1 Å².